The Hall–Kier alpha value is -2.10. The summed E-state index contributed by atoms with van der Waals surface area (Å²) in [4.78, 5) is 26.7. The topological polar surface area (TPSA) is 40.6 Å². The van der Waals surface area contributed by atoms with Gasteiger partial charge in [-0.25, -0.2) is 0 Å². The van der Waals surface area contributed by atoms with Crippen molar-refractivity contribution in [1.82, 2.24) is 4.90 Å². The van der Waals surface area contributed by atoms with Crippen LogP contribution >= 0.6 is 0 Å². The smallest absolute Gasteiger partial charge is 0.246 e. The van der Waals surface area contributed by atoms with Gasteiger partial charge in [0, 0.05) is 19.3 Å². The van der Waals surface area contributed by atoms with E-state index in [4.69, 9.17) is 0 Å². The Balaban J connectivity index is 2.11. The third-order valence-corrected chi connectivity index (χ3v) is 3.35. The molecular formula is C15H18N2O2. The highest BCUT2D eigenvalue weighted by atomic mass is 16.2. The second-order valence-corrected chi connectivity index (χ2v) is 4.83. The molecule has 0 fully saturated rings. The first-order valence-corrected chi connectivity index (χ1v) is 6.30. The highest BCUT2D eigenvalue weighted by Crippen LogP contribution is 2.28. The lowest BCUT2D eigenvalue weighted by atomic mass is 10.1. The van der Waals surface area contributed by atoms with Crippen LogP contribution in [0.5, 0.6) is 0 Å². The van der Waals surface area contributed by atoms with Crippen molar-refractivity contribution in [3.8, 4) is 0 Å². The van der Waals surface area contributed by atoms with Crippen LogP contribution in [0, 0.1) is 6.92 Å². The number of likely N-dealkylation sites (N-methyl/N-ethyl adjacent to an activating group) is 1. The van der Waals surface area contributed by atoms with E-state index in [0.717, 1.165) is 12.1 Å². The molecule has 2 rings (SSSR count). The van der Waals surface area contributed by atoms with Crippen LogP contribution in [0.15, 0.2) is 30.9 Å². The molecule has 0 aromatic heterocycles. The highest BCUT2D eigenvalue weighted by Gasteiger charge is 2.25. The van der Waals surface area contributed by atoms with E-state index in [1.807, 2.05) is 19.1 Å². The van der Waals surface area contributed by atoms with Gasteiger partial charge < -0.3 is 9.80 Å². The van der Waals surface area contributed by atoms with E-state index >= 15 is 0 Å². The van der Waals surface area contributed by atoms with Gasteiger partial charge in [0.2, 0.25) is 11.8 Å². The summed E-state index contributed by atoms with van der Waals surface area (Å²) in [7, 11) is 1.61. The summed E-state index contributed by atoms with van der Waals surface area (Å²) in [6.45, 7) is 6.23. The molecule has 0 saturated heterocycles. The zero-order valence-electron chi connectivity index (χ0n) is 11.3. The number of nitrogens with zero attached hydrogens (tertiary/aromatic N) is 2. The van der Waals surface area contributed by atoms with Crippen LogP contribution in [0.4, 0.5) is 5.69 Å². The first-order valence-electron chi connectivity index (χ1n) is 6.30. The fourth-order valence-electron chi connectivity index (χ4n) is 2.31. The maximum atomic E-state index is 12.2. The van der Waals surface area contributed by atoms with Crippen LogP contribution in [-0.2, 0) is 16.0 Å². The Morgan fingerprint density at radius 3 is 2.89 bits per heavy atom. The molecule has 19 heavy (non-hydrogen) atoms. The highest BCUT2D eigenvalue weighted by molar-refractivity contribution is 5.99. The van der Waals surface area contributed by atoms with Crippen LogP contribution in [0.3, 0.4) is 0 Å². The average Bonchev–Trinajstić information content (AvgIpc) is 2.80. The summed E-state index contributed by atoms with van der Waals surface area (Å²) >= 11 is 0. The number of carbonyl (C=O) groups excluding carboxylic acids is 2. The van der Waals surface area contributed by atoms with Crippen LogP contribution in [0.25, 0.3) is 0 Å². The summed E-state index contributed by atoms with van der Waals surface area (Å²) in [6.07, 6.45) is 2.09. The predicted molar refractivity (Wildman–Crippen MR) is 75.1 cm³/mol. The Morgan fingerprint density at radius 2 is 2.21 bits per heavy atom. The fraction of sp³-hybridized carbons (Fsp3) is 0.333. The van der Waals surface area contributed by atoms with Gasteiger partial charge in [0.05, 0.1) is 0 Å². The Labute approximate surface area is 113 Å². The van der Waals surface area contributed by atoms with Crippen molar-refractivity contribution >= 4 is 17.5 Å². The van der Waals surface area contributed by atoms with E-state index in [2.05, 4.69) is 12.6 Å². The number of benzene rings is 1. The quantitative estimate of drug-likeness (QED) is 0.771. The first-order chi connectivity index (χ1) is 9.02. The summed E-state index contributed by atoms with van der Waals surface area (Å²) in [5.41, 5.74) is 3.37. The molecule has 0 spiro atoms. The number of aryl methyl sites for hydroxylation is 1. The third kappa shape index (κ3) is 2.67. The van der Waals surface area contributed by atoms with E-state index in [1.165, 1.54) is 22.1 Å². The number of anilines is 1. The average molecular weight is 258 g/mol. The molecule has 0 saturated carbocycles. The van der Waals surface area contributed by atoms with Crippen molar-refractivity contribution in [1.29, 1.82) is 0 Å². The molecule has 1 aliphatic rings. The summed E-state index contributed by atoms with van der Waals surface area (Å²) < 4.78 is 0. The van der Waals surface area contributed by atoms with Crippen LogP contribution in [0.1, 0.15) is 11.1 Å². The van der Waals surface area contributed by atoms with Crippen molar-refractivity contribution in [3.63, 3.8) is 0 Å². The summed E-state index contributed by atoms with van der Waals surface area (Å²) in [5, 5.41) is 0. The fourth-order valence-corrected chi connectivity index (χ4v) is 2.31. The third-order valence-electron chi connectivity index (χ3n) is 3.35. The van der Waals surface area contributed by atoms with Crippen molar-refractivity contribution in [2.45, 2.75) is 13.3 Å². The monoisotopic (exact) mass is 258 g/mol. The number of hydrogen-bond acceptors (Lipinski definition) is 2. The van der Waals surface area contributed by atoms with Gasteiger partial charge in [-0.1, -0.05) is 24.3 Å². The summed E-state index contributed by atoms with van der Waals surface area (Å²) in [5.74, 6) is -0.294. The van der Waals surface area contributed by atoms with E-state index in [9.17, 15) is 9.59 Å². The maximum Gasteiger partial charge on any atom is 0.246 e. The van der Waals surface area contributed by atoms with Crippen molar-refractivity contribution in [3.05, 3.63) is 42.0 Å². The number of amides is 2. The van der Waals surface area contributed by atoms with E-state index in [0.29, 0.717) is 6.54 Å². The normalized spacial score (nSPS) is 13.1. The van der Waals surface area contributed by atoms with Crippen LogP contribution in [-0.4, -0.2) is 36.9 Å². The minimum absolute atomic E-state index is 0.0553. The number of hydrogen-bond donors (Lipinski definition) is 0. The van der Waals surface area contributed by atoms with Crippen molar-refractivity contribution in [2.75, 3.05) is 25.0 Å². The lowest BCUT2D eigenvalue weighted by molar-refractivity contribution is -0.130. The molecule has 0 N–H and O–H groups in total. The van der Waals surface area contributed by atoms with E-state index < -0.39 is 0 Å². The standard InChI is InChI=1S/C15H18N2O2/c1-4-14(18)16(3)10-15(19)17-8-7-12-9-11(2)5-6-13(12)17/h4-6,9H,1,7-8,10H2,2-3H3. The minimum Gasteiger partial charge on any atom is -0.333 e. The van der Waals surface area contributed by atoms with Gasteiger partial charge >= 0.3 is 0 Å². The molecule has 0 radical (unpaired) electrons. The Bertz CT molecular complexity index is 537. The largest absolute Gasteiger partial charge is 0.333 e. The lowest BCUT2D eigenvalue weighted by Crippen LogP contribution is -2.40. The van der Waals surface area contributed by atoms with Gasteiger partial charge in [-0.05, 0) is 31.1 Å². The van der Waals surface area contributed by atoms with Gasteiger partial charge in [0.1, 0.15) is 6.54 Å². The van der Waals surface area contributed by atoms with Gasteiger partial charge in [-0.3, -0.25) is 9.59 Å². The van der Waals surface area contributed by atoms with Gasteiger partial charge in [-0.15, -0.1) is 0 Å². The Morgan fingerprint density at radius 1 is 1.47 bits per heavy atom. The maximum absolute atomic E-state index is 12.2. The number of rotatable bonds is 3. The zero-order valence-corrected chi connectivity index (χ0v) is 11.3. The molecular weight excluding hydrogens is 240 g/mol. The number of carbonyl (C=O) groups is 2. The second-order valence-electron chi connectivity index (χ2n) is 4.83. The van der Waals surface area contributed by atoms with Gasteiger partial charge in [0.25, 0.3) is 0 Å². The predicted octanol–water partition coefficient (Wildman–Crippen LogP) is 1.53. The molecule has 4 nitrogen and oxygen atoms in total. The van der Waals surface area contributed by atoms with Crippen molar-refractivity contribution in [2.24, 2.45) is 0 Å². The van der Waals surface area contributed by atoms with Crippen molar-refractivity contribution < 1.29 is 9.59 Å². The Kier molecular flexibility index (Phi) is 3.69. The molecule has 2 amide bonds. The van der Waals surface area contributed by atoms with Crippen LogP contribution in [0.2, 0.25) is 0 Å². The molecule has 1 aromatic carbocycles. The zero-order chi connectivity index (χ0) is 14.0. The molecule has 0 atom stereocenters. The van der Waals surface area contributed by atoms with E-state index in [-0.39, 0.29) is 18.4 Å². The first kappa shape index (κ1) is 13.3. The SMILES string of the molecule is C=CC(=O)N(C)CC(=O)N1CCc2cc(C)ccc21. The minimum atomic E-state index is -0.239. The molecule has 1 aliphatic heterocycles. The molecule has 4 heteroatoms. The molecule has 1 aromatic rings. The molecule has 0 aliphatic carbocycles. The molecule has 100 valence electrons. The van der Waals surface area contributed by atoms with Crippen LogP contribution < -0.4 is 4.90 Å². The summed E-state index contributed by atoms with van der Waals surface area (Å²) in [6, 6.07) is 6.09. The molecule has 0 bridgehead atoms. The molecule has 0 unspecified atom stereocenters. The van der Waals surface area contributed by atoms with Gasteiger partial charge in [0.15, 0.2) is 0 Å². The van der Waals surface area contributed by atoms with E-state index in [1.54, 1.807) is 11.9 Å². The molecule has 1 heterocycles. The lowest BCUT2D eigenvalue weighted by Gasteiger charge is -2.21. The second kappa shape index (κ2) is 5.26. The van der Waals surface area contributed by atoms with Gasteiger partial charge in [-0.2, -0.15) is 0 Å². The number of fused-ring (bicyclic) bond motifs is 1.